The molecule has 132 valence electrons. The van der Waals surface area contributed by atoms with Crippen molar-refractivity contribution < 1.29 is 14.6 Å². The fraction of sp³-hybridized carbons (Fsp3) is 0.0952. The summed E-state index contributed by atoms with van der Waals surface area (Å²) in [7, 11) is 0. The molecule has 0 amide bonds. The highest BCUT2D eigenvalue weighted by Gasteiger charge is 2.19. The lowest BCUT2D eigenvalue weighted by molar-refractivity contribution is -0.136. The number of ether oxygens (including phenoxy) is 1. The summed E-state index contributed by atoms with van der Waals surface area (Å²) in [5.41, 5.74) is 0.944. The van der Waals surface area contributed by atoms with E-state index in [0.717, 1.165) is 22.0 Å². The Hall–Kier alpha value is -2.43. The molecule has 0 saturated heterocycles. The van der Waals surface area contributed by atoms with Crippen molar-refractivity contribution >= 4 is 29.3 Å². The van der Waals surface area contributed by atoms with E-state index in [-0.39, 0.29) is 0 Å². The summed E-state index contributed by atoms with van der Waals surface area (Å²) < 4.78 is 5.76. The smallest absolute Gasteiger partial charge is 0.317 e. The monoisotopic (exact) mass is 384 g/mol. The summed E-state index contributed by atoms with van der Waals surface area (Å²) >= 11 is 7.19. The molecular weight excluding hydrogens is 368 g/mol. The molecule has 0 fully saturated rings. The maximum atomic E-state index is 11.6. The first-order chi connectivity index (χ1) is 12.6. The van der Waals surface area contributed by atoms with Gasteiger partial charge in [-0.05, 0) is 60.5 Å². The number of benzene rings is 3. The van der Waals surface area contributed by atoms with Gasteiger partial charge in [-0.15, -0.1) is 11.8 Å². The standard InChI is InChI=1S/C21H17ClO3S/c22-16-8-12-19(13-9-16)26-20(21(23)24)14-15-6-10-18(11-7-15)25-17-4-2-1-3-5-17/h1-13,20H,14H2,(H,23,24). The molecule has 1 unspecified atom stereocenters. The van der Waals surface area contributed by atoms with Crippen molar-refractivity contribution in [1.82, 2.24) is 0 Å². The first-order valence-electron chi connectivity index (χ1n) is 8.07. The van der Waals surface area contributed by atoms with Gasteiger partial charge in [0.05, 0.1) is 0 Å². The van der Waals surface area contributed by atoms with Crippen molar-refractivity contribution in [1.29, 1.82) is 0 Å². The van der Waals surface area contributed by atoms with Crippen LogP contribution < -0.4 is 4.74 Å². The van der Waals surface area contributed by atoms with Crippen molar-refractivity contribution in [3.05, 3.63) is 89.4 Å². The quantitative estimate of drug-likeness (QED) is 0.513. The van der Waals surface area contributed by atoms with Gasteiger partial charge in [-0.2, -0.15) is 0 Å². The lowest BCUT2D eigenvalue weighted by Gasteiger charge is -2.13. The highest BCUT2D eigenvalue weighted by Crippen LogP contribution is 2.28. The Balaban J connectivity index is 1.65. The average molecular weight is 385 g/mol. The second-order valence-corrected chi connectivity index (χ2v) is 7.37. The fourth-order valence-corrected chi connectivity index (χ4v) is 3.51. The van der Waals surface area contributed by atoms with Crippen molar-refractivity contribution in [2.75, 3.05) is 0 Å². The van der Waals surface area contributed by atoms with Gasteiger partial charge in [0.2, 0.25) is 0 Å². The Morgan fingerprint density at radius 1 is 0.923 bits per heavy atom. The highest BCUT2D eigenvalue weighted by atomic mass is 35.5. The maximum Gasteiger partial charge on any atom is 0.317 e. The molecule has 0 spiro atoms. The summed E-state index contributed by atoms with van der Waals surface area (Å²) in [6.07, 6.45) is 0.425. The molecule has 1 N–H and O–H groups in total. The van der Waals surface area contributed by atoms with E-state index in [2.05, 4.69) is 0 Å². The Labute approximate surface area is 161 Å². The number of carbonyl (C=O) groups is 1. The number of para-hydroxylation sites is 1. The van der Waals surface area contributed by atoms with E-state index in [9.17, 15) is 9.90 Å². The van der Waals surface area contributed by atoms with Crippen LogP contribution in [0.3, 0.4) is 0 Å². The third-order valence-corrected chi connectivity index (χ3v) is 5.14. The molecule has 0 bridgehead atoms. The molecule has 3 aromatic rings. The lowest BCUT2D eigenvalue weighted by Crippen LogP contribution is -2.19. The number of carboxylic acids is 1. The van der Waals surface area contributed by atoms with E-state index < -0.39 is 11.2 Å². The van der Waals surface area contributed by atoms with Gasteiger partial charge >= 0.3 is 5.97 Å². The number of halogens is 1. The second-order valence-electron chi connectivity index (χ2n) is 5.66. The number of hydrogen-bond donors (Lipinski definition) is 1. The number of carboxylic acid groups (broad SMARTS) is 1. The van der Waals surface area contributed by atoms with Gasteiger partial charge in [0, 0.05) is 9.92 Å². The maximum absolute atomic E-state index is 11.6. The van der Waals surface area contributed by atoms with Gasteiger partial charge in [0.15, 0.2) is 0 Å². The molecule has 0 aliphatic rings. The van der Waals surface area contributed by atoms with Crippen LogP contribution in [0, 0.1) is 0 Å². The average Bonchev–Trinajstić information content (AvgIpc) is 2.65. The molecule has 0 aromatic heterocycles. The minimum absolute atomic E-state index is 0.425. The fourth-order valence-electron chi connectivity index (χ4n) is 2.39. The number of rotatable bonds is 7. The second kappa shape index (κ2) is 8.79. The van der Waals surface area contributed by atoms with E-state index in [1.54, 1.807) is 12.1 Å². The van der Waals surface area contributed by atoms with Crippen molar-refractivity contribution in [3.8, 4) is 11.5 Å². The summed E-state index contributed by atoms with van der Waals surface area (Å²) in [6, 6.07) is 24.2. The van der Waals surface area contributed by atoms with Crippen LogP contribution in [0.15, 0.2) is 83.8 Å². The minimum atomic E-state index is -0.838. The first-order valence-corrected chi connectivity index (χ1v) is 9.33. The number of thioether (sulfide) groups is 1. The molecule has 0 aliphatic carbocycles. The van der Waals surface area contributed by atoms with Gasteiger partial charge < -0.3 is 9.84 Å². The summed E-state index contributed by atoms with van der Waals surface area (Å²) in [5, 5.41) is 9.59. The van der Waals surface area contributed by atoms with Crippen LogP contribution in [0.25, 0.3) is 0 Å². The molecule has 0 saturated carbocycles. The van der Waals surface area contributed by atoms with E-state index in [0.29, 0.717) is 11.4 Å². The Bertz CT molecular complexity index is 849. The molecular formula is C21H17ClO3S. The number of aliphatic carboxylic acids is 1. The Morgan fingerprint density at radius 3 is 2.15 bits per heavy atom. The van der Waals surface area contributed by atoms with Crippen LogP contribution >= 0.6 is 23.4 Å². The minimum Gasteiger partial charge on any atom is -0.480 e. The van der Waals surface area contributed by atoms with Gasteiger partial charge in [-0.25, -0.2) is 0 Å². The van der Waals surface area contributed by atoms with Crippen molar-refractivity contribution in [3.63, 3.8) is 0 Å². The van der Waals surface area contributed by atoms with Crippen LogP contribution in [-0.2, 0) is 11.2 Å². The molecule has 0 radical (unpaired) electrons. The summed E-state index contributed by atoms with van der Waals surface area (Å²) in [6.45, 7) is 0. The third-order valence-electron chi connectivity index (χ3n) is 3.69. The zero-order valence-corrected chi connectivity index (χ0v) is 15.4. The topological polar surface area (TPSA) is 46.5 Å². The molecule has 1 atom stereocenters. The molecule has 3 aromatic carbocycles. The lowest BCUT2D eigenvalue weighted by atomic mass is 10.1. The van der Waals surface area contributed by atoms with Crippen LogP contribution in [-0.4, -0.2) is 16.3 Å². The van der Waals surface area contributed by atoms with Gasteiger partial charge in [-0.1, -0.05) is 41.9 Å². The van der Waals surface area contributed by atoms with Crippen molar-refractivity contribution in [2.45, 2.75) is 16.6 Å². The van der Waals surface area contributed by atoms with E-state index in [1.165, 1.54) is 11.8 Å². The molecule has 5 heteroatoms. The largest absolute Gasteiger partial charge is 0.480 e. The normalized spacial score (nSPS) is 11.7. The number of hydrogen-bond acceptors (Lipinski definition) is 3. The predicted molar refractivity (Wildman–Crippen MR) is 105 cm³/mol. The summed E-state index contributed by atoms with van der Waals surface area (Å²) in [5.74, 6) is 0.647. The van der Waals surface area contributed by atoms with Gasteiger partial charge in [-0.3, -0.25) is 4.79 Å². The Morgan fingerprint density at radius 2 is 1.54 bits per heavy atom. The van der Waals surface area contributed by atoms with Crippen LogP contribution in [0.4, 0.5) is 0 Å². The van der Waals surface area contributed by atoms with E-state index >= 15 is 0 Å². The van der Waals surface area contributed by atoms with Crippen molar-refractivity contribution in [2.24, 2.45) is 0 Å². The molecule has 3 rings (SSSR count). The molecule has 0 aliphatic heterocycles. The molecule has 0 heterocycles. The first kappa shape index (κ1) is 18.4. The van der Waals surface area contributed by atoms with Crippen LogP contribution in [0.2, 0.25) is 5.02 Å². The summed E-state index contributed by atoms with van der Waals surface area (Å²) in [4.78, 5) is 12.5. The Kier molecular flexibility index (Phi) is 6.21. The van der Waals surface area contributed by atoms with Gasteiger partial charge in [0.1, 0.15) is 16.7 Å². The molecule has 3 nitrogen and oxygen atoms in total. The highest BCUT2D eigenvalue weighted by molar-refractivity contribution is 8.00. The van der Waals surface area contributed by atoms with Crippen LogP contribution in [0.5, 0.6) is 11.5 Å². The van der Waals surface area contributed by atoms with E-state index in [4.69, 9.17) is 16.3 Å². The third kappa shape index (κ3) is 5.28. The zero-order valence-electron chi connectivity index (χ0n) is 13.8. The van der Waals surface area contributed by atoms with Gasteiger partial charge in [0.25, 0.3) is 0 Å². The predicted octanol–water partition coefficient (Wildman–Crippen LogP) is 5.92. The van der Waals surface area contributed by atoms with E-state index in [1.807, 2.05) is 66.7 Å². The van der Waals surface area contributed by atoms with Crippen LogP contribution in [0.1, 0.15) is 5.56 Å². The molecule has 26 heavy (non-hydrogen) atoms. The zero-order chi connectivity index (χ0) is 18.4. The SMILES string of the molecule is O=C(O)C(Cc1ccc(Oc2ccccc2)cc1)Sc1ccc(Cl)cc1.